The third-order valence-corrected chi connectivity index (χ3v) is 4.81. The number of hydrogen-bond acceptors (Lipinski definition) is 3. The maximum Gasteiger partial charge on any atom is 0.262 e. The van der Waals surface area contributed by atoms with E-state index in [1.54, 1.807) is 18.2 Å². The molecule has 2 N–H and O–H groups in total. The predicted octanol–water partition coefficient (Wildman–Crippen LogP) is 4.40. The average molecular weight is 418 g/mol. The monoisotopic (exact) mass is 417 g/mol. The number of nitrogens with one attached hydrogen (secondary N) is 2. The van der Waals surface area contributed by atoms with Crippen molar-refractivity contribution in [3.63, 3.8) is 0 Å². The quantitative estimate of drug-likeness (QED) is 0.620. The molecule has 128 valence electrons. The summed E-state index contributed by atoms with van der Waals surface area (Å²) in [6.45, 7) is 4.28. The Morgan fingerprint density at radius 1 is 1.28 bits per heavy atom. The van der Waals surface area contributed by atoms with Crippen LogP contribution in [0.3, 0.4) is 0 Å². The first kappa shape index (κ1) is 17.6. The van der Waals surface area contributed by atoms with Gasteiger partial charge in [0.1, 0.15) is 0 Å². The van der Waals surface area contributed by atoms with Gasteiger partial charge in [-0.05, 0) is 68.0 Å². The summed E-state index contributed by atoms with van der Waals surface area (Å²) < 4.78 is 2.79. The van der Waals surface area contributed by atoms with Gasteiger partial charge in [-0.15, -0.1) is 0 Å². The third kappa shape index (κ3) is 3.43. The largest absolute Gasteiger partial charge is 0.332 e. The summed E-state index contributed by atoms with van der Waals surface area (Å²) in [5, 5.41) is 3.39. The number of rotatable bonds is 3. The minimum Gasteiger partial charge on any atom is -0.332 e. The fourth-order valence-electron chi connectivity index (χ4n) is 2.64. The number of H-pyrrole nitrogens is 1. The molecule has 1 aromatic heterocycles. The molecule has 0 bridgehead atoms. The molecule has 0 spiro atoms. The molecule has 3 aromatic rings. The van der Waals surface area contributed by atoms with Crippen molar-refractivity contribution < 1.29 is 4.79 Å². The zero-order chi connectivity index (χ0) is 18.1. The van der Waals surface area contributed by atoms with Gasteiger partial charge in [-0.25, -0.2) is 0 Å². The Labute approximate surface area is 157 Å². The average Bonchev–Trinajstić information content (AvgIpc) is 2.57. The summed E-state index contributed by atoms with van der Waals surface area (Å²) in [4.78, 5) is 28.0. The molecule has 0 aliphatic carbocycles. The molecule has 0 aliphatic heterocycles. The minimum atomic E-state index is -0.244. The number of benzene rings is 2. The number of amides is 1. The van der Waals surface area contributed by atoms with Crippen LogP contribution in [0.1, 0.15) is 22.8 Å². The normalized spacial score (nSPS) is 10.8. The van der Waals surface area contributed by atoms with Crippen LogP contribution in [-0.4, -0.2) is 15.5 Å². The zero-order valence-corrected chi connectivity index (χ0v) is 16.1. The van der Waals surface area contributed by atoms with Crippen molar-refractivity contribution in [2.24, 2.45) is 0 Å². The van der Waals surface area contributed by atoms with Gasteiger partial charge >= 0.3 is 0 Å². The first-order valence-electron chi connectivity index (χ1n) is 7.75. The second-order valence-electron chi connectivity index (χ2n) is 5.65. The lowest BCUT2D eigenvalue weighted by Crippen LogP contribution is -2.21. The SMILES string of the molecule is CCn1c(=S)[nH]c2cc(C(=O)Nc3ccc(Br)cc3C)ccc2c1=O. The van der Waals surface area contributed by atoms with Crippen LogP contribution in [0.5, 0.6) is 0 Å². The molecule has 0 saturated heterocycles. The lowest BCUT2D eigenvalue weighted by molar-refractivity contribution is 0.102. The summed E-state index contributed by atoms with van der Waals surface area (Å²) in [6, 6.07) is 10.6. The number of fused-ring (bicyclic) bond motifs is 1. The first-order valence-corrected chi connectivity index (χ1v) is 8.95. The number of aryl methyl sites for hydroxylation is 1. The molecule has 0 fully saturated rings. The van der Waals surface area contributed by atoms with E-state index in [0.29, 0.717) is 27.8 Å². The molecule has 5 nitrogen and oxygen atoms in total. The smallest absolute Gasteiger partial charge is 0.262 e. The number of halogens is 1. The van der Waals surface area contributed by atoms with Crippen LogP contribution in [0.15, 0.2) is 45.7 Å². The Morgan fingerprint density at radius 3 is 2.72 bits per heavy atom. The van der Waals surface area contributed by atoms with Gasteiger partial charge in [-0.1, -0.05) is 15.9 Å². The van der Waals surface area contributed by atoms with Gasteiger partial charge in [0.2, 0.25) is 0 Å². The van der Waals surface area contributed by atoms with Crippen molar-refractivity contribution in [2.75, 3.05) is 5.32 Å². The summed E-state index contributed by atoms with van der Waals surface area (Å²) in [5.74, 6) is -0.244. The van der Waals surface area contributed by atoms with Crippen LogP contribution in [0.4, 0.5) is 5.69 Å². The molecular formula is C18H16BrN3O2S. The van der Waals surface area contributed by atoms with Crippen molar-refractivity contribution in [3.05, 3.63) is 67.1 Å². The second kappa shape index (κ2) is 6.93. The molecule has 0 radical (unpaired) electrons. The Hall–Kier alpha value is -2.25. The fourth-order valence-corrected chi connectivity index (χ4v) is 3.44. The van der Waals surface area contributed by atoms with E-state index in [9.17, 15) is 9.59 Å². The summed E-state index contributed by atoms with van der Waals surface area (Å²) >= 11 is 8.61. The van der Waals surface area contributed by atoms with E-state index in [2.05, 4.69) is 26.2 Å². The van der Waals surface area contributed by atoms with E-state index in [1.807, 2.05) is 32.0 Å². The van der Waals surface area contributed by atoms with E-state index in [4.69, 9.17) is 12.2 Å². The van der Waals surface area contributed by atoms with Gasteiger partial charge in [-0.2, -0.15) is 0 Å². The minimum absolute atomic E-state index is 0.156. The number of aromatic nitrogens is 2. The van der Waals surface area contributed by atoms with Crippen LogP contribution in [-0.2, 0) is 6.54 Å². The molecular weight excluding hydrogens is 402 g/mol. The highest BCUT2D eigenvalue weighted by Crippen LogP contribution is 2.21. The number of nitrogens with zero attached hydrogens (tertiary/aromatic N) is 1. The van der Waals surface area contributed by atoms with Crippen molar-refractivity contribution in [2.45, 2.75) is 20.4 Å². The van der Waals surface area contributed by atoms with Crippen LogP contribution in [0.2, 0.25) is 0 Å². The van der Waals surface area contributed by atoms with Crippen LogP contribution in [0, 0.1) is 11.7 Å². The van der Waals surface area contributed by atoms with Gasteiger partial charge in [0, 0.05) is 22.3 Å². The van der Waals surface area contributed by atoms with Crippen molar-refractivity contribution >= 4 is 50.6 Å². The molecule has 7 heteroatoms. The second-order valence-corrected chi connectivity index (χ2v) is 6.96. The number of aromatic amines is 1. The van der Waals surface area contributed by atoms with E-state index in [0.717, 1.165) is 15.7 Å². The zero-order valence-electron chi connectivity index (χ0n) is 13.7. The first-order chi connectivity index (χ1) is 11.9. The topological polar surface area (TPSA) is 66.9 Å². The van der Waals surface area contributed by atoms with Crippen LogP contribution >= 0.6 is 28.1 Å². The molecule has 2 aromatic carbocycles. The summed E-state index contributed by atoms with van der Waals surface area (Å²) in [6.07, 6.45) is 0. The number of carbonyl (C=O) groups excluding carboxylic acids is 1. The van der Waals surface area contributed by atoms with Gasteiger partial charge in [0.15, 0.2) is 4.77 Å². The summed E-state index contributed by atoms with van der Waals surface area (Å²) in [5.41, 5.74) is 2.54. The van der Waals surface area contributed by atoms with Crippen LogP contribution in [0.25, 0.3) is 10.9 Å². The molecule has 0 unspecified atom stereocenters. The maximum absolute atomic E-state index is 12.5. The van der Waals surface area contributed by atoms with Gasteiger partial charge in [-0.3, -0.25) is 14.2 Å². The van der Waals surface area contributed by atoms with E-state index in [-0.39, 0.29) is 11.5 Å². The molecule has 3 rings (SSSR count). The molecule has 0 aliphatic rings. The third-order valence-electron chi connectivity index (χ3n) is 4.00. The van der Waals surface area contributed by atoms with Gasteiger partial charge in [0.25, 0.3) is 11.5 Å². The number of carbonyl (C=O) groups is 1. The summed E-state index contributed by atoms with van der Waals surface area (Å²) in [7, 11) is 0. The van der Waals surface area contributed by atoms with E-state index < -0.39 is 0 Å². The Kier molecular flexibility index (Phi) is 4.87. The molecule has 0 atom stereocenters. The van der Waals surface area contributed by atoms with Crippen molar-refractivity contribution in [3.8, 4) is 0 Å². The van der Waals surface area contributed by atoms with Crippen molar-refractivity contribution in [1.29, 1.82) is 0 Å². The Balaban J connectivity index is 2.00. The van der Waals surface area contributed by atoms with Crippen molar-refractivity contribution in [1.82, 2.24) is 9.55 Å². The maximum atomic E-state index is 12.5. The highest BCUT2D eigenvalue weighted by atomic mass is 79.9. The standard InChI is InChI=1S/C18H16BrN3O2S/c1-3-22-17(24)13-6-4-11(9-15(13)21-18(22)25)16(23)20-14-7-5-12(19)8-10(14)2/h4-9H,3H2,1-2H3,(H,20,23)(H,21,25). The predicted molar refractivity (Wildman–Crippen MR) is 106 cm³/mol. The molecule has 1 amide bonds. The van der Waals surface area contributed by atoms with Crippen LogP contribution < -0.4 is 10.9 Å². The van der Waals surface area contributed by atoms with Gasteiger partial charge in [0.05, 0.1) is 10.9 Å². The lowest BCUT2D eigenvalue weighted by Gasteiger charge is -2.10. The molecule has 1 heterocycles. The van der Waals surface area contributed by atoms with E-state index >= 15 is 0 Å². The molecule has 25 heavy (non-hydrogen) atoms. The number of hydrogen-bond donors (Lipinski definition) is 2. The Bertz CT molecular complexity index is 1100. The fraction of sp³-hybridized carbons (Fsp3) is 0.167. The molecule has 0 saturated carbocycles. The van der Waals surface area contributed by atoms with E-state index in [1.165, 1.54) is 4.57 Å². The highest BCUT2D eigenvalue weighted by molar-refractivity contribution is 9.10. The number of anilines is 1. The highest BCUT2D eigenvalue weighted by Gasteiger charge is 2.11. The van der Waals surface area contributed by atoms with Gasteiger partial charge < -0.3 is 10.3 Å². The Morgan fingerprint density at radius 2 is 2.04 bits per heavy atom. The lowest BCUT2D eigenvalue weighted by atomic mass is 10.1.